The van der Waals surface area contributed by atoms with Crippen LogP contribution in [-0.4, -0.2) is 120 Å². The van der Waals surface area contributed by atoms with Crippen molar-refractivity contribution in [2.45, 2.75) is 65.1 Å². The molecular weight excluding hydrogens is 843 g/mol. The van der Waals surface area contributed by atoms with Crippen molar-refractivity contribution in [2.24, 2.45) is 11.5 Å². The number of thiazole rings is 1. The summed E-state index contributed by atoms with van der Waals surface area (Å²) in [6, 6.07) is 8.27. The number of nitrogens with zero attached hydrogens (tertiary/aromatic N) is 9. The smallest absolute Gasteiger partial charge is 0.276 e. The van der Waals surface area contributed by atoms with Crippen LogP contribution in [0.4, 0.5) is 11.9 Å². The molecule has 0 saturated carbocycles. The van der Waals surface area contributed by atoms with Gasteiger partial charge in [-0.2, -0.15) is 5.10 Å². The fourth-order valence-electron chi connectivity index (χ4n) is 7.64. The van der Waals surface area contributed by atoms with Gasteiger partial charge in [0, 0.05) is 68.4 Å². The molecule has 4 amide bonds. The number of nitrogens with two attached hydrogens (primary N) is 2. The van der Waals surface area contributed by atoms with Crippen molar-refractivity contribution in [3.63, 3.8) is 0 Å². The maximum absolute atomic E-state index is 13.9. The Morgan fingerprint density at radius 3 is 2.08 bits per heavy atom. The summed E-state index contributed by atoms with van der Waals surface area (Å²) in [6.07, 6.45) is 7.05. The molecule has 0 atom stereocenters. The molecule has 0 bridgehead atoms. The molecule has 0 spiro atoms. The number of likely N-dealkylation sites (N-methyl/N-ethyl adjacent to an activating group) is 1. The van der Waals surface area contributed by atoms with Crippen LogP contribution in [0.5, 0.6) is 5.75 Å². The minimum absolute atomic E-state index is 0.215. The first-order valence-electron chi connectivity index (χ1n) is 20.8. The minimum Gasteiger partial charge on any atom is -0.491 e. The van der Waals surface area contributed by atoms with Crippen molar-refractivity contribution >= 4 is 80.7 Å². The number of primary amides is 2. The van der Waals surface area contributed by atoms with Gasteiger partial charge < -0.3 is 35.1 Å². The molecule has 7 rings (SSSR count). The van der Waals surface area contributed by atoms with E-state index in [9.17, 15) is 19.2 Å². The summed E-state index contributed by atoms with van der Waals surface area (Å²) in [5, 5.41) is 11.2. The zero-order valence-electron chi connectivity index (χ0n) is 36.4. The van der Waals surface area contributed by atoms with Gasteiger partial charge in [0.1, 0.15) is 21.8 Å². The second-order valence-electron chi connectivity index (χ2n) is 15.3. The monoisotopic (exact) mass is 895 g/mol. The molecule has 0 aliphatic carbocycles. The Balaban J connectivity index is 1.24. The molecule has 1 fully saturated rings. The number of amides is 4. The van der Waals surface area contributed by atoms with E-state index in [4.69, 9.17) is 26.2 Å². The lowest BCUT2D eigenvalue weighted by Gasteiger charge is -2.32. The van der Waals surface area contributed by atoms with E-state index in [0.717, 1.165) is 49.0 Å². The number of fused-ring (bicyclic) bond motifs is 2. The number of hydrogen-bond donors (Lipinski definition) is 4. The van der Waals surface area contributed by atoms with Gasteiger partial charge in [-0.25, -0.2) is 15.0 Å². The van der Waals surface area contributed by atoms with Crippen molar-refractivity contribution in [3.8, 4) is 5.75 Å². The van der Waals surface area contributed by atoms with Gasteiger partial charge in [0.25, 0.3) is 11.8 Å². The molecule has 4 aromatic heterocycles. The largest absolute Gasteiger partial charge is 0.491 e. The number of hydrogen-bond acceptors (Lipinski definition) is 13. The number of benzene rings is 2. The molecule has 6 N–H and O–H groups in total. The van der Waals surface area contributed by atoms with E-state index in [-0.39, 0.29) is 36.5 Å². The van der Waals surface area contributed by atoms with E-state index < -0.39 is 17.7 Å². The quantitative estimate of drug-likeness (QED) is 0.0512. The van der Waals surface area contributed by atoms with Crippen LogP contribution >= 0.6 is 23.1 Å². The molecule has 332 valence electrons. The molecule has 2 aromatic carbocycles. The van der Waals surface area contributed by atoms with Gasteiger partial charge in [-0.05, 0) is 77.2 Å². The van der Waals surface area contributed by atoms with E-state index >= 15 is 0 Å². The van der Waals surface area contributed by atoms with Crippen LogP contribution in [-0.2, 0) is 26.1 Å². The highest BCUT2D eigenvalue weighted by Crippen LogP contribution is 2.33. The summed E-state index contributed by atoms with van der Waals surface area (Å²) in [6.45, 7) is 13.7. The summed E-state index contributed by atoms with van der Waals surface area (Å²) in [7, 11) is 2.13. The molecule has 1 aliphatic rings. The van der Waals surface area contributed by atoms with Gasteiger partial charge in [0.05, 0.1) is 39.6 Å². The van der Waals surface area contributed by atoms with E-state index in [1.807, 2.05) is 55.2 Å². The number of ether oxygens (including phenoxy) is 1. The Labute approximate surface area is 373 Å². The van der Waals surface area contributed by atoms with Crippen molar-refractivity contribution in [1.82, 2.24) is 43.7 Å². The van der Waals surface area contributed by atoms with Crippen molar-refractivity contribution in [1.29, 1.82) is 0 Å². The molecule has 0 radical (unpaired) electrons. The summed E-state index contributed by atoms with van der Waals surface area (Å²) >= 11 is 2.73. The SMILES string of the molecule is CCc1nc(C)sc1C(=O)Nc1nc2cc(C(N)=O)cc(OCCCN3CCN(C)CC3)c2n1C/C=C/Cn1c(NC(=O)c2cc(C)nn2CC)nc2cc(C(N)=O)cc(SC)c21. The lowest BCUT2D eigenvalue weighted by Crippen LogP contribution is -2.44. The summed E-state index contributed by atoms with van der Waals surface area (Å²) in [5.41, 5.74) is 16.0. The van der Waals surface area contributed by atoms with Crippen molar-refractivity contribution < 1.29 is 23.9 Å². The number of thioether (sulfide) groups is 1. The van der Waals surface area contributed by atoms with Gasteiger partial charge in [0.15, 0.2) is 0 Å². The first kappa shape index (κ1) is 44.9. The molecule has 6 aromatic rings. The summed E-state index contributed by atoms with van der Waals surface area (Å²) in [5.74, 6) is -1.07. The van der Waals surface area contributed by atoms with Gasteiger partial charge in [0.2, 0.25) is 23.7 Å². The second-order valence-corrected chi connectivity index (χ2v) is 17.3. The van der Waals surface area contributed by atoms with Gasteiger partial charge >= 0.3 is 0 Å². The average molecular weight is 896 g/mol. The lowest BCUT2D eigenvalue weighted by molar-refractivity contribution is 0.0991. The van der Waals surface area contributed by atoms with Crippen LogP contribution in [0.15, 0.2) is 47.4 Å². The van der Waals surface area contributed by atoms with Gasteiger partial charge in [-0.1, -0.05) is 19.1 Å². The van der Waals surface area contributed by atoms with E-state index in [1.54, 1.807) is 35.0 Å². The Hall–Kier alpha value is -6.09. The number of aromatic nitrogens is 7. The van der Waals surface area contributed by atoms with Gasteiger partial charge in [-0.15, -0.1) is 23.1 Å². The second kappa shape index (κ2) is 19.5. The van der Waals surface area contributed by atoms with Crippen LogP contribution < -0.4 is 26.8 Å². The van der Waals surface area contributed by atoms with E-state index in [1.165, 1.54) is 23.1 Å². The van der Waals surface area contributed by atoms with Crippen LogP contribution in [0.25, 0.3) is 22.1 Å². The fraction of sp³-hybridized carbons (Fsp3) is 0.395. The third-order valence-electron chi connectivity index (χ3n) is 10.8. The third-order valence-corrected chi connectivity index (χ3v) is 12.6. The lowest BCUT2D eigenvalue weighted by atomic mass is 10.1. The number of carbonyl (C=O) groups is 4. The molecule has 0 unspecified atom stereocenters. The molecule has 18 nitrogen and oxygen atoms in total. The maximum atomic E-state index is 13.9. The maximum Gasteiger partial charge on any atom is 0.276 e. The number of anilines is 2. The first-order chi connectivity index (χ1) is 30.3. The fourth-order valence-corrected chi connectivity index (χ4v) is 9.19. The van der Waals surface area contributed by atoms with Crippen LogP contribution in [0, 0.1) is 13.8 Å². The van der Waals surface area contributed by atoms with Crippen molar-refractivity contribution in [2.75, 3.05) is 63.3 Å². The number of rotatable bonds is 18. The zero-order valence-corrected chi connectivity index (χ0v) is 38.0. The number of imidazole rings is 2. The Morgan fingerprint density at radius 2 is 1.46 bits per heavy atom. The predicted octanol–water partition coefficient (Wildman–Crippen LogP) is 4.94. The number of allylic oxidation sites excluding steroid dienone is 2. The number of piperazine rings is 1. The van der Waals surface area contributed by atoms with Crippen LogP contribution in [0.1, 0.15) is 77.5 Å². The number of carbonyl (C=O) groups excluding carboxylic acids is 4. The molecule has 1 aliphatic heterocycles. The van der Waals surface area contributed by atoms with Crippen LogP contribution in [0.3, 0.4) is 0 Å². The highest BCUT2D eigenvalue weighted by molar-refractivity contribution is 7.98. The molecule has 20 heteroatoms. The Bertz CT molecular complexity index is 2720. The van der Waals surface area contributed by atoms with E-state index in [0.29, 0.717) is 74.9 Å². The molecule has 5 heterocycles. The first-order valence-corrected chi connectivity index (χ1v) is 22.9. The highest BCUT2D eigenvalue weighted by Gasteiger charge is 2.24. The zero-order chi connectivity index (χ0) is 44.9. The summed E-state index contributed by atoms with van der Waals surface area (Å²) < 4.78 is 11.8. The highest BCUT2D eigenvalue weighted by atomic mass is 32.2. The normalized spacial score (nSPS) is 13.7. The molecule has 1 saturated heterocycles. The number of aryl methyl sites for hydroxylation is 4. The third kappa shape index (κ3) is 9.93. The molecule has 63 heavy (non-hydrogen) atoms. The Morgan fingerprint density at radius 1 is 0.841 bits per heavy atom. The predicted molar refractivity (Wildman–Crippen MR) is 246 cm³/mol. The van der Waals surface area contributed by atoms with Gasteiger partial charge in [-0.3, -0.25) is 34.5 Å². The van der Waals surface area contributed by atoms with Crippen LogP contribution in [0.2, 0.25) is 0 Å². The standard InChI is InChI=1S/C43H53N13O5S2/c1-7-29-37(63-26(4)46-29)41(60)50-43-47-30-21-27(38(44)57)23-33(61-19-11-12-53-17-15-52(5)16-18-53)35(30)54(43)13-9-10-14-55-36-31(22-28(39(45)58)24-34(36)62-6)48-42(55)49-40(59)32-20-25(3)51-56(32)8-2/h9-10,20-24H,7-8,11-19H2,1-6H3,(H2,44,57)(H2,45,58)(H,47,50,60)(H,48,49,59)/b10-9+. The van der Waals surface area contributed by atoms with E-state index in [2.05, 4.69) is 37.6 Å². The van der Waals surface area contributed by atoms with Crippen molar-refractivity contribution in [3.05, 3.63) is 80.6 Å². The Kier molecular flexibility index (Phi) is 13.9. The summed E-state index contributed by atoms with van der Waals surface area (Å²) in [4.78, 5) is 72.6. The average Bonchev–Trinajstić information content (AvgIpc) is 4.03. The topological polar surface area (TPSA) is 226 Å². The molecular formula is C43H53N13O5S2. The number of nitrogens with one attached hydrogen (secondary N) is 2. The minimum atomic E-state index is -0.635.